The van der Waals surface area contributed by atoms with Crippen LogP contribution in [-0.4, -0.2) is 53.7 Å². The van der Waals surface area contributed by atoms with Gasteiger partial charge in [0.05, 0.1) is 6.54 Å². The fourth-order valence-corrected chi connectivity index (χ4v) is 4.07. The van der Waals surface area contributed by atoms with Crippen molar-refractivity contribution in [1.29, 1.82) is 0 Å². The van der Waals surface area contributed by atoms with Gasteiger partial charge in [0.1, 0.15) is 0 Å². The fourth-order valence-electron chi connectivity index (χ4n) is 4.07. The lowest BCUT2D eigenvalue weighted by Crippen LogP contribution is -2.56. The third kappa shape index (κ3) is 4.97. The second-order valence-electron chi connectivity index (χ2n) is 7.31. The molecule has 0 bridgehead atoms. The van der Waals surface area contributed by atoms with Crippen molar-refractivity contribution in [1.82, 2.24) is 15.5 Å². The number of nitrogens with one attached hydrogen (secondary N) is 2. The molecule has 0 atom stereocenters. The number of carbonyl (C=O) groups excluding carboxylic acids is 1. The molecule has 3 N–H and O–H groups in total. The van der Waals surface area contributed by atoms with Crippen LogP contribution in [0.2, 0.25) is 0 Å². The number of rotatable bonds is 9. The maximum Gasteiger partial charge on any atom is 0.317 e. The van der Waals surface area contributed by atoms with E-state index in [-0.39, 0.29) is 30.1 Å². The maximum absolute atomic E-state index is 12.1. The summed E-state index contributed by atoms with van der Waals surface area (Å²) in [5.41, 5.74) is 0.196. The number of carboxylic acid groups (broad SMARTS) is 1. The van der Waals surface area contributed by atoms with Gasteiger partial charge in [0, 0.05) is 18.6 Å². The average molecular weight is 337 g/mol. The molecule has 0 radical (unpaired) electrons. The molecule has 2 fully saturated rings. The van der Waals surface area contributed by atoms with Gasteiger partial charge in [-0.05, 0) is 44.1 Å². The molecule has 0 unspecified atom stereocenters. The van der Waals surface area contributed by atoms with Crippen LogP contribution in [0.15, 0.2) is 12.7 Å². The Kier molecular flexibility index (Phi) is 6.66. The van der Waals surface area contributed by atoms with Crippen LogP contribution < -0.4 is 10.6 Å². The van der Waals surface area contributed by atoms with Gasteiger partial charge in [-0.3, -0.25) is 9.69 Å². The Morgan fingerprint density at radius 2 is 2.00 bits per heavy atom. The van der Waals surface area contributed by atoms with Crippen molar-refractivity contribution in [3.8, 4) is 0 Å². The van der Waals surface area contributed by atoms with Crippen molar-refractivity contribution in [2.24, 2.45) is 5.41 Å². The van der Waals surface area contributed by atoms with Gasteiger partial charge in [0.15, 0.2) is 0 Å². The standard InChI is InChI=1S/C18H31N3O3/c1-3-7-18(8-5-6-9-18)13-19-17(24)20-14-10-15(11-14)21(4-2)12-16(22)23/h3,14-15H,1,4-13H2,2H3,(H,22,23)(H2,19,20,24). The van der Waals surface area contributed by atoms with E-state index in [4.69, 9.17) is 5.11 Å². The topological polar surface area (TPSA) is 81.7 Å². The quantitative estimate of drug-likeness (QED) is 0.564. The van der Waals surface area contributed by atoms with E-state index in [2.05, 4.69) is 17.2 Å². The second kappa shape index (κ2) is 8.51. The summed E-state index contributed by atoms with van der Waals surface area (Å²) >= 11 is 0. The number of urea groups is 1. The van der Waals surface area contributed by atoms with E-state index < -0.39 is 5.97 Å². The van der Waals surface area contributed by atoms with E-state index >= 15 is 0 Å². The van der Waals surface area contributed by atoms with Crippen molar-refractivity contribution in [3.05, 3.63) is 12.7 Å². The number of carboxylic acids is 1. The van der Waals surface area contributed by atoms with E-state index in [1.807, 2.05) is 17.9 Å². The number of hydrogen-bond donors (Lipinski definition) is 3. The number of likely N-dealkylation sites (N-methyl/N-ethyl adjacent to an activating group) is 1. The largest absolute Gasteiger partial charge is 0.480 e. The van der Waals surface area contributed by atoms with Crippen LogP contribution in [0.25, 0.3) is 0 Å². The monoisotopic (exact) mass is 337 g/mol. The van der Waals surface area contributed by atoms with Crippen molar-refractivity contribution in [3.63, 3.8) is 0 Å². The zero-order valence-electron chi connectivity index (χ0n) is 14.7. The molecule has 2 amide bonds. The van der Waals surface area contributed by atoms with Gasteiger partial charge < -0.3 is 15.7 Å². The molecule has 0 aromatic rings. The lowest BCUT2D eigenvalue weighted by molar-refractivity contribution is -0.139. The summed E-state index contributed by atoms with van der Waals surface area (Å²) < 4.78 is 0. The lowest BCUT2D eigenvalue weighted by Gasteiger charge is -2.42. The molecule has 6 heteroatoms. The van der Waals surface area contributed by atoms with E-state index in [9.17, 15) is 9.59 Å². The highest BCUT2D eigenvalue weighted by molar-refractivity contribution is 5.74. The predicted molar refractivity (Wildman–Crippen MR) is 93.9 cm³/mol. The average Bonchev–Trinajstić information content (AvgIpc) is 2.95. The molecular formula is C18H31N3O3. The Bertz CT molecular complexity index is 454. The first-order valence-corrected chi connectivity index (χ1v) is 9.09. The molecule has 2 rings (SSSR count). The van der Waals surface area contributed by atoms with Crippen LogP contribution in [0.1, 0.15) is 51.9 Å². The Balaban J connectivity index is 1.69. The molecule has 0 aromatic heterocycles. The minimum Gasteiger partial charge on any atom is -0.480 e. The van der Waals surface area contributed by atoms with Gasteiger partial charge in [0.25, 0.3) is 0 Å². The van der Waals surface area contributed by atoms with Gasteiger partial charge in [-0.25, -0.2) is 4.79 Å². The third-order valence-corrected chi connectivity index (χ3v) is 5.57. The van der Waals surface area contributed by atoms with Crippen molar-refractivity contribution in [2.45, 2.75) is 64.0 Å². The number of amides is 2. The minimum absolute atomic E-state index is 0.0736. The second-order valence-corrected chi connectivity index (χ2v) is 7.31. The smallest absolute Gasteiger partial charge is 0.317 e. The van der Waals surface area contributed by atoms with Crippen LogP contribution in [0.5, 0.6) is 0 Å². The number of carbonyl (C=O) groups is 2. The zero-order chi connectivity index (χ0) is 17.6. The van der Waals surface area contributed by atoms with Gasteiger partial charge >= 0.3 is 12.0 Å². The first-order valence-electron chi connectivity index (χ1n) is 9.09. The maximum atomic E-state index is 12.1. The van der Waals surface area contributed by atoms with Crippen LogP contribution in [0, 0.1) is 5.41 Å². The van der Waals surface area contributed by atoms with Crippen molar-refractivity contribution < 1.29 is 14.7 Å². The number of hydrogen-bond acceptors (Lipinski definition) is 3. The van der Waals surface area contributed by atoms with Crippen LogP contribution >= 0.6 is 0 Å². The molecule has 2 saturated carbocycles. The molecule has 2 aliphatic carbocycles. The zero-order valence-corrected chi connectivity index (χ0v) is 14.7. The van der Waals surface area contributed by atoms with E-state index in [1.165, 1.54) is 12.8 Å². The van der Waals surface area contributed by atoms with Crippen LogP contribution in [0.3, 0.4) is 0 Å². The lowest BCUT2D eigenvalue weighted by atomic mass is 9.82. The molecule has 136 valence electrons. The Morgan fingerprint density at radius 1 is 1.33 bits per heavy atom. The first-order chi connectivity index (χ1) is 11.5. The molecule has 0 heterocycles. The predicted octanol–water partition coefficient (Wildman–Crippen LogP) is 2.36. The van der Waals surface area contributed by atoms with Crippen molar-refractivity contribution in [2.75, 3.05) is 19.6 Å². The Hall–Kier alpha value is -1.56. The summed E-state index contributed by atoms with van der Waals surface area (Å²) in [6, 6.07) is 0.310. The fraction of sp³-hybridized carbons (Fsp3) is 0.778. The van der Waals surface area contributed by atoms with E-state index in [0.29, 0.717) is 6.54 Å². The van der Waals surface area contributed by atoms with Crippen LogP contribution in [-0.2, 0) is 4.79 Å². The summed E-state index contributed by atoms with van der Waals surface area (Å²) in [5.74, 6) is -0.796. The van der Waals surface area contributed by atoms with Gasteiger partial charge in [-0.1, -0.05) is 25.8 Å². The molecular weight excluding hydrogens is 306 g/mol. The Morgan fingerprint density at radius 3 is 2.54 bits per heavy atom. The first kappa shape index (κ1) is 18.8. The normalized spacial score (nSPS) is 25.1. The van der Waals surface area contributed by atoms with Gasteiger partial charge in [-0.15, -0.1) is 6.58 Å². The highest BCUT2D eigenvalue weighted by Gasteiger charge is 2.36. The summed E-state index contributed by atoms with van der Waals surface area (Å²) in [6.45, 7) is 7.32. The number of nitrogens with zero attached hydrogens (tertiary/aromatic N) is 1. The van der Waals surface area contributed by atoms with E-state index in [1.54, 1.807) is 0 Å². The third-order valence-electron chi connectivity index (χ3n) is 5.57. The van der Waals surface area contributed by atoms with Crippen LogP contribution in [0.4, 0.5) is 4.79 Å². The van der Waals surface area contributed by atoms with Gasteiger partial charge in [-0.2, -0.15) is 0 Å². The molecule has 0 saturated heterocycles. The van der Waals surface area contributed by atoms with E-state index in [0.717, 1.165) is 38.6 Å². The van der Waals surface area contributed by atoms with Crippen molar-refractivity contribution >= 4 is 12.0 Å². The van der Waals surface area contributed by atoms with Gasteiger partial charge in [0.2, 0.25) is 0 Å². The summed E-state index contributed by atoms with van der Waals surface area (Å²) in [7, 11) is 0. The number of aliphatic carboxylic acids is 1. The molecule has 0 aromatic carbocycles. The minimum atomic E-state index is -0.796. The number of allylic oxidation sites excluding steroid dienone is 1. The Labute approximate surface area is 144 Å². The molecule has 0 spiro atoms. The molecule has 0 aliphatic heterocycles. The molecule has 24 heavy (non-hydrogen) atoms. The summed E-state index contributed by atoms with van der Waals surface area (Å²) in [4.78, 5) is 24.9. The highest BCUT2D eigenvalue weighted by Crippen LogP contribution is 2.40. The molecule has 6 nitrogen and oxygen atoms in total. The highest BCUT2D eigenvalue weighted by atomic mass is 16.4. The molecule has 2 aliphatic rings. The summed E-state index contributed by atoms with van der Waals surface area (Å²) in [6.07, 6.45) is 9.36. The SMILES string of the molecule is C=CCC1(CNC(=O)NC2CC(N(CC)CC(=O)O)C2)CCCC1. The summed E-state index contributed by atoms with van der Waals surface area (Å²) in [5, 5.41) is 15.0.